The maximum atomic E-state index is 13.0. The van der Waals surface area contributed by atoms with Gasteiger partial charge in [-0.15, -0.1) is 16.4 Å². The predicted molar refractivity (Wildman–Crippen MR) is 168 cm³/mol. The number of hydrogen-bond donors (Lipinski definition) is 1. The molecule has 1 aliphatic heterocycles. The average Bonchev–Trinajstić information content (AvgIpc) is 3.60. The quantitative estimate of drug-likeness (QED) is 0.219. The number of nitrogens with zero attached hydrogens (tertiary/aromatic N) is 6. The largest absolute Gasteiger partial charge is 0.493 e. The molecule has 1 unspecified atom stereocenters. The van der Waals surface area contributed by atoms with Crippen molar-refractivity contribution in [2.24, 2.45) is 7.05 Å². The molecule has 0 radical (unpaired) electrons. The summed E-state index contributed by atoms with van der Waals surface area (Å²) in [7, 11) is 1.77. The van der Waals surface area contributed by atoms with E-state index in [1.54, 1.807) is 42.1 Å². The van der Waals surface area contributed by atoms with E-state index in [4.69, 9.17) is 9.47 Å². The molecule has 0 saturated heterocycles. The topological polar surface area (TPSA) is 126 Å². The molecule has 0 spiro atoms. The third-order valence-electron chi connectivity index (χ3n) is 8.29. The normalized spacial score (nSPS) is 15.8. The number of rotatable bonds is 8. The number of benzene rings is 2. The molecule has 0 aliphatic carbocycles. The first-order valence-electron chi connectivity index (χ1n) is 14.8. The van der Waals surface area contributed by atoms with E-state index in [0.717, 1.165) is 34.1 Å². The zero-order valence-electron chi connectivity index (χ0n) is 25.2. The summed E-state index contributed by atoms with van der Waals surface area (Å²) in [5.74, 6) is -0.00547. The van der Waals surface area contributed by atoms with E-state index in [-0.39, 0.29) is 36.9 Å². The number of thiophene rings is 1. The number of carbonyl (C=O) groups is 1. The molecule has 5 aromatic rings. The van der Waals surface area contributed by atoms with Gasteiger partial charge < -0.3 is 14.6 Å². The van der Waals surface area contributed by atoms with Crippen LogP contribution < -0.4 is 4.74 Å². The third kappa shape index (κ3) is 5.58. The molecule has 1 N–H and O–H groups in total. The van der Waals surface area contributed by atoms with Gasteiger partial charge in [0.25, 0.3) is 0 Å². The Morgan fingerprint density at radius 3 is 2.89 bits per heavy atom. The summed E-state index contributed by atoms with van der Waals surface area (Å²) in [6.45, 7) is 8.01. The lowest BCUT2D eigenvalue weighted by atomic mass is 9.83. The van der Waals surface area contributed by atoms with Crippen LogP contribution >= 0.6 is 11.3 Å². The van der Waals surface area contributed by atoms with Crippen LogP contribution in [0.15, 0.2) is 41.8 Å². The number of hydrogen-bond acceptors (Lipinski definition) is 10. The number of ether oxygens (including phenoxy) is 2. The minimum Gasteiger partial charge on any atom is -0.493 e. The number of nitriles is 1. The van der Waals surface area contributed by atoms with Gasteiger partial charge in [0.2, 0.25) is 5.88 Å². The van der Waals surface area contributed by atoms with Gasteiger partial charge in [0.05, 0.1) is 18.6 Å². The Hall–Kier alpha value is -4.53. The number of aromatic hydroxyl groups is 1. The van der Waals surface area contributed by atoms with E-state index in [9.17, 15) is 15.2 Å². The summed E-state index contributed by atoms with van der Waals surface area (Å²) in [6.07, 6.45) is 0.928. The highest BCUT2D eigenvalue weighted by Gasteiger charge is 2.28. The maximum Gasteiger partial charge on any atom is 0.306 e. The Kier molecular flexibility index (Phi) is 8.21. The molecule has 2 atom stereocenters. The molecule has 0 fully saturated rings. The maximum absolute atomic E-state index is 13.0. The molecular weight excluding hydrogens is 576 g/mol. The highest BCUT2D eigenvalue weighted by atomic mass is 32.1. The number of fused-ring (bicyclic) bond motifs is 3. The van der Waals surface area contributed by atoms with E-state index in [2.05, 4.69) is 56.8 Å². The molecule has 0 saturated carbocycles. The lowest BCUT2D eigenvalue weighted by molar-refractivity contribution is -0.143. The van der Waals surface area contributed by atoms with Crippen molar-refractivity contribution < 1.29 is 19.4 Å². The van der Waals surface area contributed by atoms with Crippen LogP contribution in [0.2, 0.25) is 0 Å². The Bertz CT molecular complexity index is 1910. The Morgan fingerprint density at radius 2 is 2.11 bits per heavy atom. The van der Waals surface area contributed by atoms with Crippen molar-refractivity contribution >= 4 is 38.4 Å². The third-order valence-corrected chi connectivity index (χ3v) is 9.30. The van der Waals surface area contributed by atoms with Crippen LogP contribution in [-0.4, -0.2) is 55.2 Å². The van der Waals surface area contributed by atoms with Gasteiger partial charge in [-0.05, 0) is 77.6 Å². The van der Waals surface area contributed by atoms with E-state index in [0.29, 0.717) is 47.7 Å². The van der Waals surface area contributed by atoms with Gasteiger partial charge >= 0.3 is 5.97 Å². The zero-order valence-corrected chi connectivity index (χ0v) is 26.0. The molecule has 2 aromatic carbocycles. The molecule has 3 aromatic heterocycles. The summed E-state index contributed by atoms with van der Waals surface area (Å²) < 4.78 is 14.5. The van der Waals surface area contributed by atoms with Crippen LogP contribution in [0.3, 0.4) is 0 Å². The predicted octanol–water partition coefficient (Wildman–Crippen LogP) is 5.72. The van der Waals surface area contributed by atoms with Gasteiger partial charge in [-0.2, -0.15) is 5.26 Å². The number of aromatic nitrogens is 4. The fourth-order valence-corrected chi connectivity index (χ4v) is 7.06. The molecule has 44 heavy (non-hydrogen) atoms. The van der Waals surface area contributed by atoms with Crippen LogP contribution in [-0.2, 0) is 29.7 Å². The molecule has 4 heterocycles. The van der Waals surface area contributed by atoms with E-state index in [1.165, 1.54) is 4.70 Å². The zero-order chi connectivity index (χ0) is 31.0. The minimum absolute atomic E-state index is 0.0214. The molecule has 10 nitrogen and oxygen atoms in total. The fraction of sp³-hybridized carbons (Fsp3) is 0.364. The highest BCUT2D eigenvalue weighted by molar-refractivity contribution is 7.17. The lowest BCUT2D eigenvalue weighted by Gasteiger charge is -2.25. The monoisotopic (exact) mass is 610 g/mol. The van der Waals surface area contributed by atoms with Crippen molar-refractivity contribution in [2.45, 2.75) is 58.7 Å². The van der Waals surface area contributed by atoms with Crippen molar-refractivity contribution in [3.63, 3.8) is 0 Å². The van der Waals surface area contributed by atoms with Crippen molar-refractivity contribution in [1.29, 1.82) is 5.26 Å². The summed E-state index contributed by atoms with van der Waals surface area (Å²) in [5, 5.41) is 31.9. The van der Waals surface area contributed by atoms with Gasteiger partial charge in [-0.1, -0.05) is 18.2 Å². The van der Waals surface area contributed by atoms with Gasteiger partial charge in [-0.3, -0.25) is 9.69 Å². The first-order chi connectivity index (χ1) is 21.3. The fourth-order valence-electron chi connectivity index (χ4n) is 6.17. The van der Waals surface area contributed by atoms with Crippen LogP contribution in [0.5, 0.6) is 11.6 Å². The van der Waals surface area contributed by atoms with Crippen LogP contribution in [0.25, 0.3) is 21.1 Å². The van der Waals surface area contributed by atoms with Crippen molar-refractivity contribution in [3.05, 3.63) is 75.3 Å². The first-order valence-corrected chi connectivity index (χ1v) is 15.6. The second kappa shape index (κ2) is 12.2. The standard InChI is InChI=1S/C33H34N6O4S/c1-5-24-17-39(18-27-28(43-24)7-8-29(40)35-27)16-23-12-21(11-20-9-10-44-33(20)23)26(14-30(41)42-6-2)25-13-22(15-34)32-31(19(25)3)36-37-38(32)4/h7-13,24,26H,5-6,14,16-18H2,1-4H3,(H,35,40)/t24-,26?/m1/s1. The van der Waals surface area contributed by atoms with Gasteiger partial charge in [0, 0.05) is 43.4 Å². The Labute approximate surface area is 259 Å². The molecule has 0 amide bonds. The number of pyridine rings is 1. The molecule has 11 heteroatoms. The average molecular weight is 611 g/mol. The first kappa shape index (κ1) is 29.5. The minimum atomic E-state index is -0.370. The summed E-state index contributed by atoms with van der Waals surface area (Å²) in [5.41, 5.74) is 6.31. The number of carbonyl (C=O) groups excluding carboxylic acids is 1. The van der Waals surface area contributed by atoms with Gasteiger partial charge in [-0.25, -0.2) is 9.67 Å². The lowest BCUT2D eigenvalue weighted by Crippen LogP contribution is -2.32. The van der Waals surface area contributed by atoms with Crippen LogP contribution in [0, 0.1) is 18.3 Å². The molecule has 0 bridgehead atoms. The molecule has 6 rings (SSSR count). The molecule has 226 valence electrons. The number of esters is 1. The number of aryl methyl sites for hydroxylation is 2. The van der Waals surface area contributed by atoms with Crippen molar-refractivity contribution in [1.82, 2.24) is 24.9 Å². The Morgan fingerprint density at radius 1 is 1.27 bits per heavy atom. The van der Waals surface area contributed by atoms with Crippen molar-refractivity contribution in [3.8, 4) is 17.7 Å². The molecule has 1 aliphatic rings. The van der Waals surface area contributed by atoms with Crippen LogP contribution in [0.4, 0.5) is 0 Å². The summed E-state index contributed by atoms with van der Waals surface area (Å²) >= 11 is 1.69. The SMILES string of the molecule is CCOC(=O)CC(c1cc(CN2Cc3nc(O)ccc3O[C@H](CC)C2)c2sccc2c1)c1cc(C#N)c2c(nnn2C)c1C. The summed E-state index contributed by atoms with van der Waals surface area (Å²) in [4.78, 5) is 19.7. The van der Waals surface area contributed by atoms with E-state index >= 15 is 0 Å². The van der Waals surface area contributed by atoms with Gasteiger partial charge in [0.15, 0.2) is 0 Å². The van der Waals surface area contributed by atoms with Gasteiger partial charge in [0.1, 0.15) is 34.7 Å². The van der Waals surface area contributed by atoms with Crippen LogP contribution in [0.1, 0.15) is 66.1 Å². The molecular formula is C33H34N6O4S. The van der Waals surface area contributed by atoms with E-state index < -0.39 is 0 Å². The second-order valence-electron chi connectivity index (χ2n) is 11.2. The van der Waals surface area contributed by atoms with E-state index in [1.807, 2.05) is 13.0 Å². The van der Waals surface area contributed by atoms with Crippen molar-refractivity contribution in [2.75, 3.05) is 13.2 Å². The summed E-state index contributed by atoms with van der Waals surface area (Å²) in [6, 6.07) is 13.9. The highest BCUT2D eigenvalue weighted by Crippen LogP contribution is 2.39. The second-order valence-corrected chi connectivity index (χ2v) is 12.1. The Balaban J connectivity index is 1.46. The smallest absolute Gasteiger partial charge is 0.306 e.